The molecule has 2 nitrogen and oxygen atoms in total. The molecule has 4 heteroatoms. The summed E-state index contributed by atoms with van der Waals surface area (Å²) in [6.45, 7) is 1.63. The zero-order valence-electron chi connectivity index (χ0n) is 14.3. The van der Waals surface area contributed by atoms with Gasteiger partial charge in [-0.2, -0.15) is 0 Å². The second-order valence-corrected chi connectivity index (χ2v) is 8.85. The summed E-state index contributed by atoms with van der Waals surface area (Å²) in [6.07, 6.45) is 10.6. The summed E-state index contributed by atoms with van der Waals surface area (Å²) < 4.78 is 0. The Balaban J connectivity index is 1.67. The highest BCUT2D eigenvalue weighted by molar-refractivity contribution is 7.24. The van der Waals surface area contributed by atoms with E-state index < -0.39 is 0 Å². The van der Waals surface area contributed by atoms with E-state index in [1.165, 1.54) is 57.9 Å². The maximum atomic E-state index is 11.5. The minimum atomic E-state index is 0.139. The molecule has 0 atom stereocenters. The normalized spacial score (nSPS) is 15.4. The second kappa shape index (κ2) is 7.22. The number of Topliss-reactive ketones (excluding diaryl/α,β-unsaturated/α-hetero) is 1. The number of aromatic nitrogens is 1. The molecule has 3 aromatic rings. The zero-order chi connectivity index (χ0) is 17.2. The molecule has 0 radical (unpaired) electrons. The van der Waals surface area contributed by atoms with Crippen molar-refractivity contribution in [2.75, 3.05) is 0 Å². The van der Waals surface area contributed by atoms with Gasteiger partial charge < -0.3 is 0 Å². The first kappa shape index (κ1) is 16.7. The maximum Gasteiger partial charge on any atom is 0.169 e. The monoisotopic (exact) mass is 367 g/mol. The lowest BCUT2D eigenvalue weighted by Crippen LogP contribution is -2.05. The first-order valence-electron chi connectivity index (χ1n) is 8.87. The standard InChI is InChI=1S/C21H21NOS2/c1-14(23)18-7-9-20(24-18)21-10-8-19(25-21)17-13-22-12-11-16(17)15-5-3-2-4-6-15/h7-13,15H,2-6H2,1H3. The lowest BCUT2D eigenvalue weighted by Gasteiger charge is -2.23. The molecule has 1 aliphatic rings. The molecule has 0 aromatic carbocycles. The smallest absolute Gasteiger partial charge is 0.169 e. The van der Waals surface area contributed by atoms with Crippen LogP contribution in [0.3, 0.4) is 0 Å². The minimum absolute atomic E-state index is 0.139. The van der Waals surface area contributed by atoms with Gasteiger partial charge in [0.2, 0.25) is 0 Å². The Morgan fingerprint density at radius 2 is 1.68 bits per heavy atom. The van der Waals surface area contributed by atoms with Crippen LogP contribution in [-0.2, 0) is 0 Å². The van der Waals surface area contributed by atoms with E-state index in [9.17, 15) is 4.79 Å². The molecule has 25 heavy (non-hydrogen) atoms. The summed E-state index contributed by atoms with van der Waals surface area (Å²) in [5.41, 5.74) is 2.74. The molecule has 0 aliphatic heterocycles. The average molecular weight is 368 g/mol. The van der Waals surface area contributed by atoms with Gasteiger partial charge >= 0.3 is 0 Å². The number of hydrogen-bond acceptors (Lipinski definition) is 4. The summed E-state index contributed by atoms with van der Waals surface area (Å²) in [7, 11) is 0. The number of hydrogen-bond donors (Lipinski definition) is 0. The fourth-order valence-corrected chi connectivity index (χ4v) is 5.68. The van der Waals surface area contributed by atoms with Gasteiger partial charge in [0.15, 0.2) is 5.78 Å². The van der Waals surface area contributed by atoms with Crippen LogP contribution in [0.25, 0.3) is 20.2 Å². The van der Waals surface area contributed by atoms with Gasteiger partial charge in [0, 0.05) is 32.6 Å². The van der Waals surface area contributed by atoms with E-state index in [0.29, 0.717) is 5.92 Å². The predicted molar refractivity (Wildman–Crippen MR) is 107 cm³/mol. The Morgan fingerprint density at radius 3 is 2.44 bits per heavy atom. The van der Waals surface area contributed by atoms with Crippen molar-refractivity contribution >= 4 is 28.5 Å². The van der Waals surface area contributed by atoms with Crippen LogP contribution in [0, 0.1) is 0 Å². The van der Waals surface area contributed by atoms with Crippen LogP contribution >= 0.6 is 22.7 Å². The van der Waals surface area contributed by atoms with E-state index in [1.807, 2.05) is 18.5 Å². The van der Waals surface area contributed by atoms with E-state index in [2.05, 4.69) is 29.2 Å². The van der Waals surface area contributed by atoms with Crippen molar-refractivity contribution in [2.24, 2.45) is 0 Å². The molecule has 0 N–H and O–H groups in total. The molecular weight excluding hydrogens is 346 g/mol. The quantitative estimate of drug-likeness (QED) is 0.475. The van der Waals surface area contributed by atoms with Gasteiger partial charge in [-0.05, 0) is 61.6 Å². The summed E-state index contributed by atoms with van der Waals surface area (Å²) in [4.78, 5) is 20.4. The Morgan fingerprint density at radius 1 is 0.960 bits per heavy atom. The molecule has 3 aromatic heterocycles. The summed E-state index contributed by atoms with van der Waals surface area (Å²) in [6, 6.07) is 10.6. The fraction of sp³-hybridized carbons (Fsp3) is 0.333. The summed E-state index contributed by atoms with van der Waals surface area (Å²) >= 11 is 3.38. The Hall–Kier alpha value is -1.78. The molecule has 0 amide bonds. The van der Waals surface area contributed by atoms with Crippen LogP contribution in [-0.4, -0.2) is 10.8 Å². The Bertz CT molecular complexity index is 887. The van der Waals surface area contributed by atoms with E-state index in [0.717, 1.165) is 4.88 Å². The molecule has 1 aliphatic carbocycles. The number of ketones is 1. The molecule has 1 fully saturated rings. The molecule has 128 valence electrons. The van der Waals surface area contributed by atoms with E-state index in [1.54, 1.807) is 29.6 Å². The van der Waals surface area contributed by atoms with Crippen LogP contribution in [0.1, 0.15) is 60.2 Å². The topological polar surface area (TPSA) is 30.0 Å². The molecule has 3 heterocycles. The zero-order valence-corrected chi connectivity index (χ0v) is 16.0. The Kier molecular flexibility index (Phi) is 4.82. The number of nitrogens with zero attached hydrogens (tertiary/aromatic N) is 1. The van der Waals surface area contributed by atoms with E-state index in [-0.39, 0.29) is 5.78 Å². The summed E-state index contributed by atoms with van der Waals surface area (Å²) in [5.74, 6) is 0.809. The van der Waals surface area contributed by atoms with Gasteiger partial charge in [-0.15, -0.1) is 22.7 Å². The molecule has 0 bridgehead atoms. The molecule has 0 unspecified atom stereocenters. The van der Waals surface area contributed by atoms with Crippen molar-refractivity contribution < 1.29 is 4.79 Å². The SMILES string of the molecule is CC(=O)c1ccc(-c2ccc(-c3cnccc3C3CCCCC3)s2)s1. The van der Waals surface area contributed by atoms with Gasteiger partial charge in [0.25, 0.3) is 0 Å². The van der Waals surface area contributed by atoms with Crippen LogP contribution in [0.4, 0.5) is 0 Å². The van der Waals surface area contributed by atoms with Crippen LogP contribution < -0.4 is 0 Å². The highest BCUT2D eigenvalue weighted by atomic mass is 32.1. The molecule has 0 spiro atoms. The van der Waals surface area contributed by atoms with E-state index in [4.69, 9.17) is 0 Å². The predicted octanol–water partition coefficient (Wildman–Crippen LogP) is 6.79. The first-order chi connectivity index (χ1) is 12.2. The third-order valence-corrected chi connectivity index (χ3v) is 7.47. The van der Waals surface area contributed by atoms with Crippen LogP contribution in [0.2, 0.25) is 0 Å². The number of carbonyl (C=O) groups excluding carboxylic acids is 1. The molecular formula is C21H21NOS2. The number of rotatable bonds is 4. The first-order valence-corrected chi connectivity index (χ1v) is 10.5. The highest BCUT2D eigenvalue weighted by Gasteiger charge is 2.20. The lowest BCUT2D eigenvalue weighted by molar-refractivity contribution is 0.102. The van der Waals surface area contributed by atoms with Gasteiger partial charge in [0.1, 0.15) is 0 Å². The van der Waals surface area contributed by atoms with Crippen molar-refractivity contribution in [1.29, 1.82) is 0 Å². The average Bonchev–Trinajstić information content (AvgIpc) is 3.32. The van der Waals surface area contributed by atoms with Crippen LogP contribution in [0.15, 0.2) is 42.7 Å². The highest BCUT2D eigenvalue weighted by Crippen LogP contribution is 2.42. The minimum Gasteiger partial charge on any atom is -0.294 e. The van der Waals surface area contributed by atoms with Crippen molar-refractivity contribution in [3.05, 3.63) is 53.2 Å². The largest absolute Gasteiger partial charge is 0.294 e. The van der Waals surface area contributed by atoms with Crippen molar-refractivity contribution in [2.45, 2.75) is 44.9 Å². The number of carbonyl (C=O) groups is 1. The van der Waals surface area contributed by atoms with Crippen molar-refractivity contribution in [3.63, 3.8) is 0 Å². The van der Waals surface area contributed by atoms with Crippen molar-refractivity contribution in [1.82, 2.24) is 4.98 Å². The fourth-order valence-electron chi connectivity index (χ4n) is 3.66. The lowest BCUT2D eigenvalue weighted by atomic mass is 9.82. The third-order valence-electron chi connectivity index (χ3n) is 4.97. The maximum absolute atomic E-state index is 11.5. The summed E-state index contributed by atoms with van der Waals surface area (Å²) in [5, 5.41) is 0. The number of pyridine rings is 1. The van der Waals surface area contributed by atoms with Crippen LogP contribution in [0.5, 0.6) is 0 Å². The number of thiophene rings is 2. The van der Waals surface area contributed by atoms with Gasteiger partial charge in [0.05, 0.1) is 4.88 Å². The second-order valence-electron chi connectivity index (χ2n) is 6.68. The van der Waals surface area contributed by atoms with Gasteiger partial charge in [-0.3, -0.25) is 9.78 Å². The van der Waals surface area contributed by atoms with Crippen molar-refractivity contribution in [3.8, 4) is 20.2 Å². The molecule has 0 saturated heterocycles. The third kappa shape index (κ3) is 3.46. The van der Waals surface area contributed by atoms with E-state index >= 15 is 0 Å². The Labute approximate surface area is 156 Å². The van der Waals surface area contributed by atoms with Gasteiger partial charge in [-0.1, -0.05) is 19.3 Å². The molecule has 4 rings (SSSR count). The molecule has 1 saturated carbocycles. The van der Waals surface area contributed by atoms with Gasteiger partial charge in [-0.25, -0.2) is 0 Å².